The number of likely N-dealkylation sites (tertiary alicyclic amines) is 1. The van der Waals surface area contributed by atoms with Crippen LogP contribution in [0.5, 0.6) is 0 Å². The molecule has 1 aliphatic heterocycles. The van der Waals surface area contributed by atoms with E-state index in [2.05, 4.69) is 0 Å². The molecule has 0 spiro atoms. The van der Waals surface area contributed by atoms with Gasteiger partial charge in [-0.25, -0.2) is 9.59 Å². The number of carboxylic acid groups (broad SMARTS) is 1. The molecule has 0 bridgehead atoms. The highest BCUT2D eigenvalue weighted by molar-refractivity contribution is 5.69. The normalized spacial score (nSPS) is 20.2. The molecule has 0 saturated carbocycles. The number of hydrogen-bond acceptors (Lipinski definition) is 4. The van der Waals surface area contributed by atoms with E-state index in [1.54, 1.807) is 4.90 Å². The first-order chi connectivity index (χ1) is 8.79. The molecule has 1 amide bonds. The molecule has 0 aliphatic carbocycles. The van der Waals surface area contributed by atoms with Gasteiger partial charge in [0.05, 0.1) is 12.6 Å². The molecule has 1 saturated heterocycles. The SMILES string of the molecule is CC(C)(C)OC(=O)N1CCCC[C@@H]1COCC(=O)O. The van der Waals surface area contributed by atoms with Gasteiger partial charge in [-0.15, -0.1) is 0 Å². The van der Waals surface area contributed by atoms with Crippen LogP contribution in [0.2, 0.25) is 0 Å². The second-order valence-corrected chi connectivity index (χ2v) is 5.73. The minimum atomic E-state index is -1.00. The number of hydrogen-bond donors (Lipinski definition) is 1. The summed E-state index contributed by atoms with van der Waals surface area (Å²) in [5, 5.41) is 8.54. The monoisotopic (exact) mass is 273 g/mol. The molecular formula is C13H23NO5. The molecular weight excluding hydrogens is 250 g/mol. The Bertz CT molecular complexity index is 323. The van der Waals surface area contributed by atoms with Crippen molar-refractivity contribution in [3.05, 3.63) is 0 Å². The zero-order chi connectivity index (χ0) is 14.5. The molecule has 1 atom stereocenters. The van der Waals surface area contributed by atoms with E-state index in [0.717, 1.165) is 19.3 Å². The average molecular weight is 273 g/mol. The number of aliphatic carboxylic acids is 1. The number of carbonyl (C=O) groups is 2. The summed E-state index contributed by atoms with van der Waals surface area (Å²) in [5.41, 5.74) is -0.527. The van der Waals surface area contributed by atoms with Crippen molar-refractivity contribution in [1.29, 1.82) is 0 Å². The summed E-state index contributed by atoms with van der Waals surface area (Å²) in [6, 6.07) is -0.0945. The lowest BCUT2D eigenvalue weighted by atomic mass is 10.0. The molecule has 0 aromatic carbocycles. The average Bonchev–Trinajstić information content (AvgIpc) is 2.26. The lowest BCUT2D eigenvalue weighted by Crippen LogP contribution is -2.48. The topological polar surface area (TPSA) is 76.1 Å². The summed E-state index contributed by atoms with van der Waals surface area (Å²) in [4.78, 5) is 24.1. The van der Waals surface area contributed by atoms with Crippen LogP contribution in [0.15, 0.2) is 0 Å². The highest BCUT2D eigenvalue weighted by atomic mass is 16.6. The molecule has 1 fully saturated rings. The van der Waals surface area contributed by atoms with Crippen molar-refractivity contribution in [3.8, 4) is 0 Å². The van der Waals surface area contributed by atoms with Gasteiger partial charge in [0.15, 0.2) is 0 Å². The van der Waals surface area contributed by atoms with Gasteiger partial charge in [0.1, 0.15) is 12.2 Å². The van der Waals surface area contributed by atoms with Crippen molar-refractivity contribution in [2.45, 2.75) is 51.7 Å². The van der Waals surface area contributed by atoms with E-state index < -0.39 is 11.6 Å². The Morgan fingerprint density at radius 2 is 2.00 bits per heavy atom. The van der Waals surface area contributed by atoms with Crippen molar-refractivity contribution in [1.82, 2.24) is 4.90 Å². The molecule has 19 heavy (non-hydrogen) atoms. The van der Waals surface area contributed by atoms with E-state index >= 15 is 0 Å². The lowest BCUT2D eigenvalue weighted by molar-refractivity contribution is -0.142. The van der Waals surface area contributed by atoms with Crippen molar-refractivity contribution in [2.24, 2.45) is 0 Å². The molecule has 0 aromatic heterocycles. The first-order valence-electron chi connectivity index (χ1n) is 6.59. The fourth-order valence-corrected chi connectivity index (χ4v) is 2.02. The van der Waals surface area contributed by atoms with Crippen molar-refractivity contribution >= 4 is 12.1 Å². The standard InChI is InChI=1S/C13H23NO5/c1-13(2,3)19-12(17)14-7-5-4-6-10(14)8-18-9-11(15)16/h10H,4-9H2,1-3H3,(H,15,16)/t10-/m1/s1. The summed E-state index contributed by atoms with van der Waals surface area (Å²) < 4.78 is 10.4. The Hall–Kier alpha value is -1.30. The molecule has 1 aliphatic rings. The Morgan fingerprint density at radius 1 is 1.32 bits per heavy atom. The van der Waals surface area contributed by atoms with Crippen LogP contribution in [0, 0.1) is 0 Å². The van der Waals surface area contributed by atoms with Crippen molar-refractivity contribution in [3.63, 3.8) is 0 Å². The number of nitrogens with zero attached hydrogens (tertiary/aromatic N) is 1. The summed E-state index contributed by atoms with van der Waals surface area (Å²) in [5.74, 6) is -1.00. The minimum Gasteiger partial charge on any atom is -0.480 e. The summed E-state index contributed by atoms with van der Waals surface area (Å²) in [6.07, 6.45) is 2.42. The van der Waals surface area contributed by atoms with Crippen LogP contribution in [0.25, 0.3) is 0 Å². The van der Waals surface area contributed by atoms with Crippen LogP contribution < -0.4 is 0 Å². The molecule has 0 radical (unpaired) electrons. The smallest absolute Gasteiger partial charge is 0.410 e. The molecule has 6 nitrogen and oxygen atoms in total. The maximum absolute atomic E-state index is 12.1. The second kappa shape index (κ2) is 6.75. The third-order valence-corrected chi connectivity index (χ3v) is 2.79. The Labute approximate surface area is 113 Å². The number of rotatable bonds is 4. The van der Waals surface area contributed by atoms with Gasteiger partial charge in [0, 0.05) is 6.54 Å². The Morgan fingerprint density at radius 3 is 2.58 bits per heavy atom. The molecule has 1 N–H and O–H groups in total. The van der Waals surface area contributed by atoms with Crippen LogP contribution in [0.4, 0.5) is 4.79 Å². The van der Waals surface area contributed by atoms with Gasteiger partial charge in [0.25, 0.3) is 0 Å². The fraction of sp³-hybridized carbons (Fsp3) is 0.846. The van der Waals surface area contributed by atoms with Gasteiger partial charge in [-0.05, 0) is 40.0 Å². The van der Waals surface area contributed by atoms with E-state index in [9.17, 15) is 9.59 Å². The van der Waals surface area contributed by atoms with Gasteiger partial charge in [-0.1, -0.05) is 0 Å². The van der Waals surface area contributed by atoms with E-state index in [0.29, 0.717) is 6.54 Å². The highest BCUT2D eigenvalue weighted by Gasteiger charge is 2.30. The number of amides is 1. The van der Waals surface area contributed by atoms with Gasteiger partial charge >= 0.3 is 12.1 Å². The van der Waals surface area contributed by atoms with E-state index in [-0.39, 0.29) is 25.3 Å². The zero-order valence-corrected chi connectivity index (χ0v) is 11.8. The molecule has 0 unspecified atom stereocenters. The molecule has 1 rings (SSSR count). The number of ether oxygens (including phenoxy) is 2. The van der Waals surface area contributed by atoms with Crippen LogP contribution in [0.1, 0.15) is 40.0 Å². The Kier molecular flexibility index (Phi) is 5.60. The first kappa shape index (κ1) is 15.8. The lowest BCUT2D eigenvalue weighted by Gasteiger charge is -2.36. The van der Waals surface area contributed by atoms with E-state index in [4.69, 9.17) is 14.6 Å². The molecule has 0 aromatic rings. The largest absolute Gasteiger partial charge is 0.480 e. The van der Waals surface area contributed by atoms with Crippen molar-refractivity contribution in [2.75, 3.05) is 19.8 Å². The third-order valence-electron chi connectivity index (χ3n) is 2.79. The minimum absolute atomic E-state index is 0.0945. The summed E-state index contributed by atoms with van der Waals surface area (Å²) >= 11 is 0. The maximum atomic E-state index is 12.1. The number of piperidine rings is 1. The van der Waals surface area contributed by atoms with E-state index in [1.165, 1.54) is 0 Å². The molecule has 6 heteroatoms. The van der Waals surface area contributed by atoms with Gasteiger partial charge in [-0.3, -0.25) is 0 Å². The summed E-state index contributed by atoms with van der Waals surface area (Å²) in [6.45, 7) is 6.01. The predicted molar refractivity (Wildman–Crippen MR) is 69.0 cm³/mol. The van der Waals surface area contributed by atoms with Crippen LogP contribution >= 0.6 is 0 Å². The highest BCUT2D eigenvalue weighted by Crippen LogP contribution is 2.20. The Balaban J connectivity index is 2.51. The van der Waals surface area contributed by atoms with Gasteiger partial charge in [-0.2, -0.15) is 0 Å². The fourth-order valence-electron chi connectivity index (χ4n) is 2.02. The zero-order valence-electron chi connectivity index (χ0n) is 11.8. The quantitative estimate of drug-likeness (QED) is 0.846. The summed E-state index contributed by atoms with van der Waals surface area (Å²) in [7, 11) is 0. The predicted octanol–water partition coefficient (Wildman–Crippen LogP) is 1.88. The van der Waals surface area contributed by atoms with Gasteiger partial charge in [0.2, 0.25) is 0 Å². The number of carbonyl (C=O) groups excluding carboxylic acids is 1. The maximum Gasteiger partial charge on any atom is 0.410 e. The van der Waals surface area contributed by atoms with Crippen molar-refractivity contribution < 1.29 is 24.2 Å². The van der Waals surface area contributed by atoms with Crippen LogP contribution in [0.3, 0.4) is 0 Å². The third kappa shape index (κ3) is 5.92. The molecule has 110 valence electrons. The first-order valence-corrected chi connectivity index (χ1v) is 6.59. The van der Waals surface area contributed by atoms with Crippen LogP contribution in [-0.4, -0.2) is 53.5 Å². The van der Waals surface area contributed by atoms with Gasteiger partial charge < -0.3 is 19.5 Å². The number of carboxylic acids is 1. The second-order valence-electron chi connectivity index (χ2n) is 5.73. The van der Waals surface area contributed by atoms with Crippen LogP contribution in [-0.2, 0) is 14.3 Å². The molecule has 1 heterocycles. The van der Waals surface area contributed by atoms with E-state index in [1.807, 2.05) is 20.8 Å².